The van der Waals surface area contributed by atoms with Crippen LogP contribution < -0.4 is 0 Å². The van der Waals surface area contributed by atoms with Gasteiger partial charge in [-0.1, -0.05) is 30.3 Å². The number of likely N-dealkylation sites (tertiary alicyclic amines) is 2. The largest absolute Gasteiger partial charge is 0.458 e. The number of rotatable bonds is 6. The van der Waals surface area contributed by atoms with E-state index < -0.39 is 5.60 Å². The Labute approximate surface area is 185 Å². The van der Waals surface area contributed by atoms with Crippen LogP contribution in [0.3, 0.4) is 0 Å². The van der Waals surface area contributed by atoms with Crippen molar-refractivity contribution in [1.82, 2.24) is 9.80 Å². The Morgan fingerprint density at radius 3 is 2.23 bits per heavy atom. The minimum absolute atomic E-state index is 0.0193. The summed E-state index contributed by atoms with van der Waals surface area (Å²) < 4.78 is 16.5. The van der Waals surface area contributed by atoms with E-state index in [0.717, 1.165) is 57.4 Å². The Morgan fingerprint density at radius 1 is 0.968 bits per heavy atom. The lowest BCUT2D eigenvalue weighted by Gasteiger charge is -2.41. The van der Waals surface area contributed by atoms with Crippen LogP contribution in [0.25, 0.3) is 0 Å². The molecule has 2 saturated heterocycles. The van der Waals surface area contributed by atoms with Crippen LogP contribution in [0.5, 0.6) is 0 Å². The van der Waals surface area contributed by atoms with Crippen LogP contribution in [0.2, 0.25) is 0 Å². The third-order valence-corrected chi connectivity index (χ3v) is 5.78. The number of piperidine rings is 2. The molecule has 0 bridgehead atoms. The van der Waals surface area contributed by atoms with E-state index in [9.17, 15) is 9.59 Å². The lowest BCUT2D eigenvalue weighted by atomic mass is 9.99. The Morgan fingerprint density at radius 2 is 1.61 bits per heavy atom. The van der Waals surface area contributed by atoms with Crippen molar-refractivity contribution in [3.63, 3.8) is 0 Å². The molecule has 7 nitrogen and oxygen atoms in total. The van der Waals surface area contributed by atoms with Crippen LogP contribution in [0.15, 0.2) is 30.3 Å². The second-order valence-electron chi connectivity index (χ2n) is 9.39. The van der Waals surface area contributed by atoms with Gasteiger partial charge < -0.3 is 24.0 Å². The van der Waals surface area contributed by atoms with Crippen molar-refractivity contribution < 1.29 is 23.8 Å². The Bertz CT molecular complexity index is 702. The zero-order chi connectivity index (χ0) is 22.3. The molecule has 172 valence electrons. The van der Waals surface area contributed by atoms with Crippen LogP contribution in [-0.2, 0) is 25.6 Å². The highest BCUT2D eigenvalue weighted by atomic mass is 16.6. The van der Waals surface area contributed by atoms with E-state index in [1.54, 1.807) is 0 Å². The van der Waals surface area contributed by atoms with Gasteiger partial charge in [-0.15, -0.1) is 0 Å². The molecule has 0 aliphatic carbocycles. The number of esters is 1. The van der Waals surface area contributed by atoms with Gasteiger partial charge >= 0.3 is 12.1 Å². The first-order valence-corrected chi connectivity index (χ1v) is 11.3. The highest BCUT2D eigenvalue weighted by molar-refractivity contribution is 5.71. The van der Waals surface area contributed by atoms with Gasteiger partial charge in [-0.05, 0) is 52.0 Å². The summed E-state index contributed by atoms with van der Waals surface area (Å²) in [5, 5.41) is 0. The molecule has 0 aromatic heterocycles. The van der Waals surface area contributed by atoms with Gasteiger partial charge in [0, 0.05) is 32.2 Å². The van der Waals surface area contributed by atoms with Crippen molar-refractivity contribution in [2.45, 2.75) is 70.8 Å². The number of carbonyl (C=O) groups excluding carboxylic acids is 2. The van der Waals surface area contributed by atoms with E-state index in [0.29, 0.717) is 12.6 Å². The maximum atomic E-state index is 12.3. The molecule has 1 aromatic carbocycles. The third-order valence-electron chi connectivity index (χ3n) is 5.78. The molecular formula is C24H36N2O5. The van der Waals surface area contributed by atoms with E-state index >= 15 is 0 Å². The van der Waals surface area contributed by atoms with Gasteiger partial charge in [0.25, 0.3) is 0 Å². The first-order valence-electron chi connectivity index (χ1n) is 11.3. The standard InChI is InChI=1S/C24H36N2O5/c1-24(2,3)31-22(27)18-29-21-11-15-25(16-12-21)20-9-13-26(14-10-20)23(28)30-17-19-7-5-4-6-8-19/h4-8,20-21H,9-18H2,1-3H3. The summed E-state index contributed by atoms with van der Waals surface area (Å²) in [6, 6.07) is 10.2. The molecule has 7 heteroatoms. The molecule has 0 N–H and O–H groups in total. The quantitative estimate of drug-likeness (QED) is 0.640. The smallest absolute Gasteiger partial charge is 0.410 e. The summed E-state index contributed by atoms with van der Waals surface area (Å²) in [6.45, 7) is 9.29. The molecule has 3 rings (SSSR count). The van der Waals surface area contributed by atoms with Crippen LogP contribution in [0, 0.1) is 0 Å². The molecule has 0 atom stereocenters. The fraction of sp³-hybridized carbons (Fsp3) is 0.667. The number of benzene rings is 1. The van der Waals surface area contributed by atoms with Crippen molar-refractivity contribution in [3.05, 3.63) is 35.9 Å². The summed E-state index contributed by atoms with van der Waals surface area (Å²) in [5.41, 5.74) is 0.523. The monoisotopic (exact) mass is 432 g/mol. The second kappa shape index (κ2) is 11.0. The second-order valence-corrected chi connectivity index (χ2v) is 9.39. The average Bonchev–Trinajstić information content (AvgIpc) is 2.76. The van der Waals surface area contributed by atoms with Crippen LogP contribution in [0.4, 0.5) is 4.79 Å². The summed E-state index contributed by atoms with van der Waals surface area (Å²) >= 11 is 0. The SMILES string of the molecule is CC(C)(C)OC(=O)COC1CCN(C2CCN(C(=O)OCc3ccccc3)CC2)CC1. The van der Waals surface area contributed by atoms with E-state index in [1.165, 1.54) is 0 Å². The Balaban J connectivity index is 1.32. The van der Waals surface area contributed by atoms with Crippen molar-refractivity contribution in [3.8, 4) is 0 Å². The van der Waals surface area contributed by atoms with Crippen LogP contribution in [-0.4, -0.2) is 72.4 Å². The first kappa shape index (κ1) is 23.5. The molecular weight excluding hydrogens is 396 g/mol. The van der Waals surface area contributed by atoms with Gasteiger partial charge in [-0.2, -0.15) is 0 Å². The minimum Gasteiger partial charge on any atom is -0.458 e. The third kappa shape index (κ3) is 7.82. The predicted octanol–water partition coefficient (Wildman–Crippen LogP) is 3.61. The fourth-order valence-electron chi connectivity index (χ4n) is 4.19. The summed E-state index contributed by atoms with van der Waals surface area (Å²) in [6.07, 6.45) is 3.64. The van der Waals surface area contributed by atoms with Gasteiger partial charge in [0.2, 0.25) is 0 Å². The maximum absolute atomic E-state index is 12.3. The van der Waals surface area contributed by atoms with Crippen molar-refractivity contribution in [1.29, 1.82) is 0 Å². The zero-order valence-corrected chi connectivity index (χ0v) is 19.0. The topological polar surface area (TPSA) is 68.3 Å². The molecule has 0 unspecified atom stereocenters. The number of amides is 1. The minimum atomic E-state index is -0.480. The molecule has 2 fully saturated rings. The van der Waals surface area contributed by atoms with E-state index in [1.807, 2.05) is 56.0 Å². The molecule has 1 amide bonds. The normalized spacial score (nSPS) is 19.3. The summed E-state index contributed by atoms with van der Waals surface area (Å²) in [5.74, 6) is -0.304. The Kier molecular flexibility index (Phi) is 8.32. The lowest BCUT2D eigenvalue weighted by molar-refractivity contribution is -0.163. The predicted molar refractivity (Wildman–Crippen MR) is 118 cm³/mol. The van der Waals surface area contributed by atoms with E-state index in [4.69, 9.17) is 14.2 Å². The zero-order valence-electron chi connectivity index (χ0n) is 19.0. The lowest BCUT2D eigenvalue weighted by Crippen LogP contribution is -2.50. The van der Waals surface area contributed by atoms with E-state index in [-0.39, 0.29) is 24.8 Å². The maximum Gasteiger partial charge on any atom is 0.410 e. The van der Waals surface area contributed by atoms with E-state index in [2.05, 4.69) is 4.90 Å². The summed E-state index contributed by atoms with van der Waals surface area (Å²) in [4.78, 5) is 28.5. The number of nitrogens with zero attached hydrogens (tertiary/aromatic N) is 2. The summed E-state index contributed by atoms with van der Waals surface area (Å²) in [7, 11) is 0. The van der Waals surface area contributed by atoms with Gasteiger partial charge in [0.05, 0.1) is 6.10 Å². The number of hydrogen-bond donors (Lipinski definition) is 0. The average molecular weight is 433 g/mol. The molecule has 31 heavy (non-hydrogen) atoms. The highest BCUT2D eigenvalue weighted by Gasteiger charge is 2.30. The molecule has 2 aliphatic heterocycles. The molecule has 2 heterocycles. The highest BCUT2D eigenvalue weighted by Crippen LogP contribution is 2.23. The van der Waals surface area contributed by atoms with Gasteiger partial charge in [-0.3, -0.25) is 0 Å². The number of ether oxygens (including phenoxy) is 3. The Hall–Kier alpha value is -2.12. The van der Waals surface area contributed by atoms with Crippen molar-refractivity contribution in [2.75, 3.05) is 32.8 Å². The van der Waals surface area contributed by atoms with Crippen LogP contribution in [0.1, 0.15) is 52.0 Å². The molecule has 0 saturated carbocycles. The molecule has 0 spiro atoms. The molecule has 0 radical (unpaired) electrons. The van der Waals surface area contributed by atoms with Gasteiger partial charge in [-0.25, -0.2) is 9.59 Å². The van der Waals surface area contributed by atoms with Gasteiger partial charge in [0.15, 0.2) is 0 Å². The van der Waals surface area contributed by atoms with Crippen LogP contribution >= 0.6 is 0 Å². The first-order chi connectivity index (χ1) is 14.8. The molecule has 1 aromatic rings. The number of hydrogen-bond acceptors (Lipinski definition) is 6. The van der Waals surface area contributed by atoms with Gasteiger partial charge in [0.1, 0.15) is 18.8 Å². The molecule has 2 aliphatic rings. The van der Waals surface area contributed by atoms with Crippen molar-refractivity contribution in [2.24, 2.45) is 0 Å². The number of carbonyl (C=O) groups is 2. The van der Waals surface area contributed by atoms with Crippen molar-refractivity contribution >= 4 is 12.1 Å². The fourth-order valence-corrected chi connectivity index (χ4v) is 4.19.